The lowest BCUT2D eigenvalue weighted by Gasteiger charge is -2.41. The molecule has 2 aromatic heterocycles. The molecule has 0 saturated heterocycles. The van der Waals surface area contributed by atoms with Gasteiger partial charge in [-0.1, -0.05) is 51.6 Å². The first kappa shape index (κ1) is 23.2. The first-order chi connectivity index (χ1) is 16.4. The Balaban J connectivity index is 1.58. The minimum absolute atomic E-state index is 0.223. The first-order valence-electron chi connectivity index (χ1n) is 12.2. The molecule has 2 fully saturated rings. The smallest absolute Gasteiger partial charge is 0.215 e. The molecule has 0 spiro atoms. The minimum Gasteiger partial charge on any atom is -0.466 e. The molecule has 9 nitrogen and oxygen atoms in total. The second-order valence-corrected chi connectivity index (χ2v) is 11.1. The molecule has 1 N–H and O–H groups in total. The van der Waals surface area contributed by atoms with Crippen LogP contribution in [0.25, 0.3) is 0 Å². The molecule has 0 amide bonds. The molecular weight excluding hydrogens is 452 g/mol. The van der Waals surface area contributed by atoms with Crippen molar-refractivity contribution in [1.82, 2.24) is 40.3 Å². The van der Waals surface area contributed by atoms with E-state index in [0.29, 0.717) is 16.8 Å². The van der Waals surface area contributed by atoms with Gasteiger partial charge in [-0.15, -0.1) is 5.10 Å². The molecule has 5 rings (SSSR count). The fourth-order valence-electron chi connectivity index (χ4n) is 5.08. The van der Waals surface area contributed by atoms with Crippen LogP contribution in [0.2, 0.25) is 5.02 Å². The quantitative estimate of drug-likeness (QED) is 0.495. The Morgan fingerprint density at radius 3 is 2.47 bits per heavy atom. The Hall–Kier alpha value is -2.52. The molecule has 34 heavy (non-hydrogen) atoms. The zero-order valence-electron chi connectivity index (χ0n) is 20.1. The van der Waals surface area contributed by atoms with Crippen LogP contribution in [0.3, 0.4) is 0 Å². The van der Waals surface area contributed by atoms with E-state index in [1.807, 2.05) is 28.9 Å². The maximum Gasteiger partial charge on any atom is 0.215 e. The van der Waals surface area contributed by atoms with E-state index in [9.17, 15) is 0 Å². The van der Waals surface area contributed by atoms with Gasteiger partial charge in [-0.05, 0) is 65.8 Å². The molecule has 0 bridgehead atoms. The SMILES string of the molecule is CC(C)(C)[C@H]([C@H](Oc1ccc(Cl)cc1)n1cncn1)n1nnnc1C1(NC2CC2)CCCCC1. The number of nitrogens with one attached hydrogen (secondary N) is 1. The Kier molecular flexibility index (Phi) is 6.33. The van der Waals surface area contributed by atoms with Gasteiger partial charge < -0.3 is 10.1 Å². The largest absolute Gasteiger partial charge is 0.466 e. The van der Waals surface area contributed by atoms with Gasteiger partial charge in [-0.25, -0.2) is 14.3 Å². The Labute approximate surface area is 205 Å². The lowest BCUT2D eigenvalue weighted by molar-refractivity contribution is -0.00375. The lowest BCUT2D eigenvalue weighted by atomic mass is 9.79. The average molecular weight is 485 g/mol. The number of aromatic nitrogens is 7. The summed E-state index contributed by atoms with van der Waals surface area (Å²) in [5.41, 5.74) is -0.484. The van der Waals surface area contributed by atoms with Crippen molar-refractivity contribution in [3.05, 3.63) is 47.8 Å². The van der Waals surface area contributed by atoms with Crippen molar-refractivity contribution in [3.63, 3.8) is 0 Å². The van der Waals surface area contributed by atoms with Gasteiger partial charge in [0, 0.05) is 11.1 Å². The van der Waals surface area contributed by atoms with Gasteiger partial charge in [-0.2, -0.15) is 5.10 Å². The van der Waals surface area contributed by atoms with Gasteiger partial charge in [0.15, 0.2) is 5.82 Å². The van der Waals surface area contributed by atoms with Crippen LogP contribution in [0, 0.1) is 5.41 Å². The van der Waals surface area contributed by atoms with E-state index in [1.54, 1.807) is 11.0 Å². The van der Waals surface area contributed by atoms with Crippen LogP contribution < -0.4 is 10.1 Å². The van der Waals surface area contributed by atoms with Gasteiger partial charge in [0.1, 0.15) is 24.4 Å². The number of hydrogen-bond acceptors (Lipinski definition) is 7. The van der Waals surface area contributed by atoms with Crippen LogP contribution in [0.15, 0.2) is 36.9 Å². The molecule has 2 aliphatic rings. The summed E-state index contributed by atoms with van der Waals surface area (Å²) in [5, 5.41) is 22.4. The molecule has 2 atom stereocenters. The van der Waals surface area contributed by atoms with E-state index < -0.39 is 6.23 Å². The van der Waals surface area contributed by atoms with Crippen LogP contribution in [0.4, 0.5) is 0 Å². The minimum atomic E-state index is -0.521. The number of tetrazole rings is 1. The van der Waals surface area contributed by atoms with Gasteiger partial charge in [-0.3, -0.25) is 0 Å². The van der Waals surface area contributed by atoms with Crippen molar-refractivity contribution >= 4 is 11.6 Å². The molecule has 0 unspecified atom stereocenters. The Morgan fingerprint density at radius 1 is 1.12 bits per heavy atom. The number of hydrogen-bond donors (Lipinski definition) is 1. The molecule has 0 radical (unpaired) electrons. The van der Waals surface area contributed by atoms with E-state index in [4.69, 9.17) is 16.3 Å². The summed E-state index contributed by atoms with van der Waals surface area (Å²) < 4.78 is 10.3. The maximum atomic E-state index is 6.56. The average Bonchev–Trinajstić information content (AvgIpc) is 3.25. The molecule has 1 aromatic carbocycles. The fraction of sp³-hybridized carbons (Fsp3) is 0.625. The molecule has 10 heteroatoms. The summed E-state index contributed by atoms with van der Waals surface area (Å²) in [7, 11) is 0. The highest BCUT2D eigenvalue weighted by molar-refractivity contribution is 6.30. The summed E-state index contributed by atoms with van der Waals surface area (Å²) in [5.74, 6) is 1.58. The number of ether oxygens (including phenoxy) is 1. The number of benzene rings is 1. The van der Waals surface area contributed by atoms with Crippen molar-refractivity contribution < 1.29 is 4.74 Å². The van der Waals surface area contributed by atoms with Crippen LogP contribution in [-0.4, -0.2) is 41.0 Å². The lowest BCUT2D eigenvalue weighted by Crippen LogP contribution is -2.49. The second-order valence-electron chi connectivity index (χ2n) is 10.7. The molecule has 2 aliphatic carbocycles. The van der Waals surface area contributed by atoms with E-state index >= 15 is 0 Å². The highest BCUT2D eigenvalue weighted by atomic mass is 35.5. The summed E-state index contributed by atoms with van der Waals surface area (Å²) in [6, 6.07) is 7.66. The second kappa shape index (κ2) is 9.26. The standard InChI is InChI=1S/C24H33ClN8O/c1-23(2,3)20(21(32-16-26-15-27-32)34-19-11-7-17(25)8-12-19)33-22(29-30-31-33)24(28-18-9-10-18)13-5-4-6-14-24/h7-8,11-12,15-16,18,20-21,28H,4-6,9-10,13-14H2,1-3H3/t20-,21-/m0/s1. The van der Waals surface area contributed by atoms with Crippen LogP contribution in [0.1, 0.15) is 83.8 Å². The van der Waals surface area contributed by atoms with E-state index in [0.717, 1.165) is 18.7 Å². The monoisotopic (exact) mass is 484 g/mol. The predicted molar refractivity (Wildman–Crippen MR) is 128 cm³/mol. The predicted octanol–water partition coefficient (Wildman–Crippen LogP) is 4.69. The third-order valence-corrected chi connectivity index (χ3v) is 7.13. The van der Waals surface area contributed by atoms with Crippen molar-refractivity contribution in [1.29, 1.82) is 0 Å². The third kappa shape index (κ3) is 4.81. The normalized spacial score (nSPS) is 20.1. The molecular formula is C24H33ClN8O. The third-order valence-electron chi connectivity index (χ3n) is 6.87. The fourth-order valence-corrected chi connectivity index (χ4v) is 5.21. The Bertz CT molecular complexity index is 1070. The summed E-state index contributed by atoms with van der Waals surface area (Å²) in [6.07, 6.45) is 10.8. The highest BCUT2D eigenvalue weighted by Gasteiger charge is 2.47. The maximum absolute atomic E-state index is 6.56. The van der Waals surface area contributed by atoms with E-state index in [1.165, 1.54) is 38.4 Å². The Morgan fingerprint density at radius 2 is 1.85 bits per heavy atom. The van der Waals surface area contributed by atoms with Crippen LogP contribution >= 0.6 is 11.6 Å². The number of halogens is 1. The van der Waals surface area contributed by atoms with Gasteiger partial charge in [0.2, 0.25) is 6.23 Å². The number of nitrogens with zero attached hydrogens (tertiary/aromatic N) is 7. The van der Waals surface area contributed by atoms with Crippen LogP contribution in [-0.2, 0) is 5.54 Å². The van der Waals surface area contributed by atoms with E-state index in [2.05, 4.69) is 51.7 Å². The molecule has 182 valence electrons. The van der Waals surface area contributed by atoms with Crippen LogP contribution in [0.5, 0.6) is 5.75 Å². The van der Waals surface area contributed by atoms with Crippen molar-refractivity contribution in [3.8, 4) is 5.75 Å². The first-order valence-corrected chi connectivity index (χ1v) is 12.6. The molecule has 2 heterocycles. The topological polar surface area (TPSA) is 95.6 Å². The zero-order chi connectivity index (χ0) is 23.8. The summed E-state index contributed by atoms with van der Waals surface area (Å²) in [6.45, 7) is 6.54. The zero-order valence-corrected chi connectivity index (χ0v) is 20.8. The van der Waals surface area contributed by atoms with E-state index in [-0.39, 0.29) is 17.0 Å². The van der Waals surface area contributed by atoms with Gasteiger partial charge in [0.25, 0.3) is 0 Å². The number of rotatable bonds is 8. The van der Waals surface area contributed by atoms with Crippen molar-refractivity contribution in [2.75, 3.05) is 0 Å². The van der Waals surface area contributed by atoms with Gasteiger partial charge >= 0.3 is 0 Å². The highest BCUT2D eigenvalue weighted by Crippen LogP contribution is 2.44. The van der Waals surface area contributed by atoms with Gasteiger partial charge in [0.05, 0.1) is 5.54 Å². The van der Waals surface area contributed by atoms with Crippen molar-refractivity contribution in [2.24, 2.45) is 5.41 Å². The molecule has 3 aromatic rings. The molecule has 2 saturated carbocycles. The van der Waals surface area contributed by atoms with Crippen molar-refractivity contribution in [2.45, 2.75) is 89.6 Å². The summed E-state index contributed by atoms with van der Waals surface area (Å²) in [4.78, 5) is 4.20. The molecule has 0 aliphatic heterocycles. The summed E-state index contributed by atoms with van der Waals surface area (Å²) >= 11 is 6.11.